The van der Waals surface area contributed by atoms with Gasteiger partial charge in [0.25, 0.3) is 0 Å². The number of anilines is 3. The van der Waals surface area contributed by atoms with Crippen LogP contribution in [0.25, 0.3) is 0 Å². The Labute approximate surface area is 168 Å². The molecule has 3 aromatic rings. The van der Waals surface area contributed by atoms with Gasteiger partial charge in [0.2, 0.25) is 0 Å². The maximum absolute atomic E-state index is 6.27. The van der Waals surface area contributed by atoms with E-state index in [0.717, 1.165) is 29.3 Å². The third-order valence-electron chi connectivity index (χ3n) is 5.42. The highest BCUT2D eigenvalue weighted by molar-refractivity contribution is 5.86. The average molecular weight is 372 g/mol. The molecule has 4 rings (SSSR count). The van der Waals surface area contributed by atoms with Crippen LogP contribution in [-0.4, -0.2) is 0 Å². The molecule has 2 heteroatoms. The van der Waals surface area contributed by atoms with Crippen LogP contribution >= 0.6 is 0 Å². The summed E-state index contributed by atoms with van der Waals surface area (Å²) < 4.78 is 6.27. The lowest BCUT2D eigenvalue weighted by Crippen LogP contribution is -2.16. The fraction of sp³-hybridized carbons (Fsp3) is 0.308. The summed E-state index contributed by atoms with van der Waals surface area (Å²) in [6.07, 6.45) is 6.30. The molecule has 0 spiro atoms. The molecule has 0 amide bonds. The molecule has 0 fully saturated rings. The van der Waals surface area contributed by atoms with E-state index in [4.69, 9.17) is 4.74 Å². The molecular weight excluding hydrogens is 342 g/mol. The van der Waals surface area contributed by atoms with Gasteiger partial charge in [-0.2, -0.15) is 0 Å². The molecule has 0 bridgehead atoms. The van der Waals surface area contributed by atoms with Crippen LogP contribution in [0, 0.1) is 13.8 Å². The second kappa shape index (κ2) is 8.10. The minimum absolute atomic E-state index is 0.923. The van der Waals surface area contributed by atoms with Gasteiger partial charge in [0.1, 0.15) is 0 Å². The number of aryl methyl sites for hydroxylation is 3. The van der Waals surface area contributed by atoms with Crippen molar-refractivity contribution in [2.45, 2.75) is 52.9 Å². The van der Waals surface area contributed by atoms with Crippen LogP contribution in [0.4, 0.5) is 17.1 Å². The van der Waals surface area contributed by atoms with Crippen molar-refractivity contribution in [3.63, 3.8) is 0 Å². The standard InChI is InChI=1S/C26H29NO/c1-4-5-6-7-9-21-10-8-11-22(18-21)27-23-14-12-19(2)16-25(23)28-26-17-20(3)13-15-24(26)27/h8,10-18H,4-7,9H2,1-3H3. The van der Waals surface area contributed by atoms with Gasteiger partial charge in [0.15, 0.2) is 11.5 Å². The van der Waals surface area contributed by atoms with Crippen LogP contribution in [0.15, 0.2) is 60.7 Å². The lowest BCUT2D eigenvalue weighted by atomic mass is 10.0. The van der Waals surface area contributed by atoms with E-state index in [0.29, 0.717) is 0 Å². The molecule has 1 aliphatic rings. The van der Waals surface area contributed by atoms with Gasteiger partial charge in [-0.05, 0) is 79.8 Å². The van der Waals surface area contributed by atoms with E-state index < -0.39 is 0 Å². The molecule has 28 heavy (non-hydrogen) atoms. The molecule has 0 aromatic heterocycles. The van der Waals surface area contributed by atoms with Crippen molar-refractivity contribution in [2.75, 3.05) is 4.90 Å². The summed E-state index contributed by atoms with van der Waals surface area (Å²) >= 11 is 0. The third kappa shape index (κ3) is 3.77. The number of benzene rings is 3. The van der Waals surface area contributed by atoms with Crippen LogP contribution in [0.5, 0.6) is 11.5 Å². The zero-order valence-corrected chi connectivity index (χ0v) is 17.2. The summed E-state index contributed by atoms with van der Waals surface area (Å²) in [5.41, 5.74) is 7.23. The summed E-state index contributed by atoms with van der Waals surface area (Å²) in [6.45, 7) is 6.48. The summed E-state index contributed by atoms with van der Waals surface area (Å²) in [4.78, 5) is 2.34. The van der Waals surface area contributed by atoms with Gasteiger partial charge in [-0.1, -0.05) is 50.5 Å². The Hall–Kier alpha value is -2.74. The van der Waals surface area contributed by atoms with Gasteiger partial charge < -0.3 is 9.64 Å². The predicted molar refractivity (Wildman–Crippen MR) is 119 cm³/mol. The maximum atomic E-state index is 6.27. The Morgan fingerprint density at radius 1 is 0.750 bits per heavy atom. The number of nitrogens with zero attached hydrogens (tertiary/aromatic N) is 1. The Bertz CT molecular complexity index is 924. The lowest BCUT2D eigenvalue weighted by Gasteiger charge is -2.33. The van der Waals surface area contributed by atoms with Crippen LogP contribution in [0.2, 0.25) is 0 Å². The van der Waals surface area contributed by atoms with Gasteiger partial charge >= 0.3 is 0 Å². The van der Waals surface area contributed by atoms with E-state index in [9.17, 15) is 0 Å². The summed E-state index contributed by atoms with van der Waals surface area (Å²) in [5.74, 6) is 1.85. The molecule has 144 valence electrons. The van der Waals surface area contributed by atoms with Crippen molar-refractivity contribution in [1.29, 1.82) is 0 Å². The Morgan fingerprint density at radius 2 is 1.43 bits per heavy atom. The van der Waals surface area contributed by atoms with Crippen LogP contribution in [-0.2, 0) is 6.42 Å². The van der Waals surface area contributed by atoms with Crippen molar-refractivity contribution in [2.24, 2.45) is 0 Å². The van der Waals surface area contributed by atoms with Gasteiger partial charge in [-0.25, -0.2) is 0 Å². The van der Waals surface area contributed by atoms with Gasteiger partial charge in [0.05, 0.1) is 11.4 Å². The Morgan fingerprint density at radius 3 is 2.07 bits per heavy atom. The van der Waals surface area contributed by atoms with Crippen molar-refractivity contribution in [3.05, 3.63) is 77.4 Å². The number of ether oxygens (including phenoxy) is 1. The zero-order valence-electron chi connectivity index (χ0n) is 17.2. The SMILES string of the molecule is CCCCCCc1cccc(N2c3ccc(C)cc3Oc3cc(C)ccc32)c1. The second-order valence-corrected chi connectivity index (χ2v) is 7.86. The van der Waals surface area contributed by atoms with E-state index in [1.165, 1.54) is 48.1 Å². The number of hydrogen-bond acceptors (Lipinski definition) is 2. The molecule has 3 aromatic carbocycles. The molecule has 0 radical (unpaired) electrons. The van der Waals surface area contributed by atoms with E-state index in [1.807, 2.05) is 0 Å². The highest BCUT2D eigenvalue weighted by Crippen LogP contribution is 2.50. The minimum atomic E-state index is 0.923. The molecule has 2 nitrogen and oxygen atoms in total. The largest absolute Gasteiger partial charge is 0.453 e. The first-order valence-electron chi connectivity index (χ1n) is 10.4. The van der Waals surface area contributed by atoms with Crippen LogP contribution < -0.4 is 9.64 Å². The highest BCUT2D eigenvalue weighted by atomic mass is 16.5. The van der Waals surface area contributed by atoms with Crippen molar-refractivity contribution in [1.82, 2.24) is 0 Å². The number of hydrogen-bond donors (Lipinski definition) is 0. The van der Waals surface area contributed by atoms with Crippen LogP contribution in [0.3, 0.4) is 0 Å². The van der Waals surface area contributed by atoms with Gasteiger partial charge in [-0.3, -0.25) is 0 Å². The maximum Gasteiger partial charge on any atom is 0.151 e. The van der Waals surface area contributed by atoms with Crippen molar-refractivity contribution in [3.8, 4) is 11.5 Å². The Balaban J connectivity index is 1.73. The predicted octanol–water partition coefficient (Wildman–Crippen LogP) is 8.00. The number of fused-ring (bicyclic) bond motifs is 2. The average Bonchev–Trinajstić information content (AvgIpc) is 2.69. The smallest absolute Gasteiger partial charge is 0.151 e. The lowest BCUT2D eigenvalue weighted by molar-refractivity contribution is 0.476. The first-order chi connectivity index (χ1) is 13.7. The molecule has 0 saturated heterocycles. The van der Waals surface area contributed by atoms with E-state index in [2.05, 4.69) is 86.3 Å². The fourth-order valence-corrected chi connectivity index (χ4v) is 3.91. The van der Waals surface area contributed by atoms with Gasteiger partial charge in [0, 0.05) is 5.69 Å². The van der Waals surface area contributed by atoms with E-state index >= 15 is 0 Å². The van der Waals surface area contributed by atoms with E-state index in [-0.39, 0.29) is 0 Å². The number of rotatable bonds is 6. The van der Waals surface area contributed by atoms with Crippen molar-refractivity contribution < 1.29 is 4.74 Å². The Kier molecular flexibility index (Phi) is 5.38. The first-order valence-corrected chi connectivity index (χ1v) is 10.4. The molecule has 1 aliphatic heterocycles. The summed E-state index contributed by atoms with van der Waals surface area (Å²) in [6, 6.07) is 21.9. The fourth-order valence-electron chi connectivity index (χ4n) is 3.91. The minimum Gasteiger partial charge on any atom is -0.453 e. The molecule has 0 N–H and O–H groups in total. The quantitative estimate of drug-likeness (QED) is 0.318. The van der Waals surface area contributed by atoms with Gasteiger partial charge in [-0.15, -0.1) is 0 Å². The van der Waals surface area contributed by atoms with Crippen LogP contribution in [0.1, 0.15) is 49.3 Å². The summed E-state index contributed by atoms with van der Waals surface area (Å²) in [7, 11) is 0. The normalized spacial score (nSPS) is 12.3. The molecule has 0 atom stereocenters. The zero-order chi connectivity index (χ0) is 19.5. The molecule has 0 unspecified atom stereocenters. The third-order valence-corrected chi connectivity index (χ3v) is 5.42. The highest BCUT2D eigenvalue weighted by Gasteiger charge is 2.26. The number of unbranched alkanes of at least 4 members (excludes halogenated alkanes) is 3. The molecule has 1 heterocycles. The molecular formula is C26H29NO. The summed E-state index contributed by atoms with van der Waals surface area (Å²) in [5, 5.41) is 0. The topological polar surface area (TPSA) is 12.5 Å². The second-order valence-electron chi connectivity index (χ2n) is 7.86. The first kappa shape index (κ1) is 18.6. The monoisotopic (exact) mass is 371 g/mol. The molecule has 0 saturated carbocycles. The van der Waals surface area contributed by atoms with Crippen molar-refractivity contribution >= 4 is 17.1 Å². The van der Waals surface area contributed by atoms with E-state index in [1.54, 1.807) is 0 Å². The molecule has 0 aliphatic carbocycles.